The molecule has 0 spiro atoms. The van der Waals surface area contributed by atoms with Crippen molar-refractivity contribution in [2.75, 3.05) is 40.0 Å². The molecule has 0 saturated carbocycles. The highest BCUT2D eigenvalue weighted by atomic mass is 16.7. The van der Waals surface area contributed by atoms with E-state index in [1.165, 1.54) is 5.56 Å². The van der Waals surface area contributed by atoms with Gasteiger partial charge < -0.3 is 14.2 Å². The summed E-state index contributed by atoms with van der Waals surface area (Å²) in [5.41, 5.74) is 1.32. The van der Waals surface area contributed by atoms with Crippen LogP contribution in [0.15, 0.2) is 30.3 Å². The minimum atomic E-state index is -0.173. The average molecular weight is 265 g/mol. The highest BCUT2D eigenvalue weighted by Crippen LogP contribution is 2.05. The lowest BCUT2D eigenvalue weighted by atomic mass is 10.2. The molecular weight excluding hydrogens is 242 g/mol. The SMILES string of the molecule is CN(CCOCC1OCCCO1)Cc1ccccc1. The zero-order chi connectivity index (χ0) is 13.3. The fourth-order valence-electron chi connectivity index (χ4n) is 2.01. The summed E-state index contributed by atoms with van der Waals surface area (Å²) in [7, 11) is 2.10. The molecule has 0 N–H and O–H groups in total. The second-order valence-electron chi connectivity index (χ2n) is 4.82. The van der Waals surface area contributed by atoms with Crippen LogP contribution in [0.25, 0.3) is 0 Å². The predicted octanol–water partition coefficient (Wildman–Crippen LogP) is 1.90. The second kappa shape index (κ2) is 8.27. The number of likely N-dealkylation sites (N-methyl/N-ethyl adjacent to an activating group) is 1. The van der Waals surface area contributed by atoms with E-state index in [9.17, 15) is 0 Å². The van der Waals surface area contributed by atoms with Crippen LogP contribution >= 0.6 is 0 Å². The van der Waals surface area contributed by atoms with Crippen molar-refractivity contribution in [2.45, 2.75) is 19.3 Å². The molecular formula is C15H23NO3. The van der Waals surface area contributed by atoms with Gasteiger partial charge in [-0.25, -0.2) is 0 Å². The molecule has 4 heteroatoms. The number of nitrogens with zero attached hydrogens (tertiary/aromatic N) is 1. The van der Waals surface area contributed by atoms with Crippen LogP contribution in [0.2, 0.25) is 0 Å². The molecule has 0 bridgehead atoms. The van der Waals surface area contributed by atoms with Gasteiger partial charge in [0.2, 0.25) is 0 Å². The molecule has 4 nitrogen and oxygen atoms in total. The largest absolute Gasteiger partial charge is 0.375 e. The summed E-state index contributed by atoms with van der Waals surface area (Å²) in [6.45, 7) is 4.64. The molecule has 0 unspecified atom stereocenters. The molecule has 19 heavy (non-hydrogen) atoms. The molecule has 1 aromatic carbocycles. The zero-order valence-corrected chi connectivity index (χ0v) is 11.6. The molecule has 0 aromatic heterocycles. The Balaban J connectivity index is 1.55. The Labute approximate surface area is 115 Å². The van der Waals surface area contributed by atoms with Gasteiger partial charge in [-0.2, -0.15) is 0 Å². The molecule has 0 atom stereocenters. The number of ether oxygens (including phenoxy) is 3. The fraction of sp³-hybridized carbons (Fsp3) is 0.600. The summed E-state index contributed by atoms with van der Waals surface area (Å²) in [5, 5.41) is 0. The third-order valence-electron chi connectivity index (χ3n) is 3.06. The van der Waals surface area contributed by atoms with Crippen molar-refractivity contribution in [2.24, 2.45) is 0 Å². The molecule has 106 valence electrons. The van der Waals surface area contributed by atoms with E-state index in [1.54, 1.807) is 0 Å². The molecule has 1 saturated heterocycles. The van der Waals surface area contributed by atoms with Gasteiger partial charge in [0, 0.05) is 13.1 Å². The highest BCUT2D eigenvalue weighted by Gasteiger charge is 2.13. The fourth-order valence-corrected chi connectivity index (χ4v) is 2.01. The van der Waals surface area contributed by atoms with Gasteiger partial charge in [0.15, 0.2) is 6.29 Å². The third-order valence-corrected chi connectivity index (χ3v) is 3.06. The highest BCUT2D eigenvalue weighted by molar-refractivity contribution is 5.14. The van der Waals surface area contributed by atoms with Crippen LogP contribution in [-0.4, -0.2) is 51.2 Å². The van der Waals surface area contributed by atoms with Gasteiger partial charge in [0.25, 0.3) is 0 Å². The Hall–Kier alpha value is -0.940. The molecule has 0 amide bonds. The average Bonchev–Trinajstić information content (AvgIpc) is 2.46. The normalized spacial score (nSPS) is 16.9. The van der Waals surface area contributed by atoms with E-state index in [1.807, 2.05) is 6.07 Å². The van der Waals surface area contributed by atoms with Crippen LogP contribution in [0.5, 0.6) is 0 Å². The first-order valence-electron chi connectivity index (χ1n) is 6.88. The van der Waals surface area contributed by atoms with E-state index in [4.69, 9.17) is 14.2 Å². The molecule has 2 rings (SSSR count). The lowest BCUT2D eigenvalue weighted by Gasteiger charge is -2.23. The van der Waals surface area contributed by atoms with Crippen molar-refractivity contribution >= 4 is 0 Å². The van der Waals surface area contributed by atoms with Gasteiger partial charge in [-0.1, -0.05) is 30.3 Å². The monoisotopic (exact) mass is 265 g/mol. The van der Waals surface area contributed by atoms with Crippen molar-refractivity contribution in [1.29, 1.82) is 0 Å². The number of hydrogen-bond donors (Lipinski definition) is 0. The smallest absolute Gasteiger partial charge is 0.180 e. The lowest BCUT2D eigenvalue weighted by Crippen LogP contribution is -2.31. The van der Waals surface area contributed by atoms with Gasteiger partial charge in [0.05, 0.1) is 26.4 Å². The standard InChI is InChI=1S/C15H23NO3/c1-16(12-14-6-3-2-4-7-14)8-11-17-13-15-18-9-5-10-19-15/h2-4,6-7,15H,5,8-13H2,1H3. The Kier molecular flexibility index (Phi) is 6.30. The minimum Gasteiger partial charge on any atom is -0.375 e. The van der Waals surface area contributed by atoms with Crippen LogP contribution in [0.3, 0.4) is 0 Å². The molecule has 0 aliphatic carbocycles. The summed E-state index contributed by atoms with van der Waals surface area (Å²) < 4.78 is 16.4. The Morgan fingerprint density at radius 2 is 1.95 bits per heavy atom. The predicted molar refractivity (Wildman–Crippen MR) is 73.9 cm³/mol. The van der Waals surface area contributed by atoms with Crippen molar-refractivity contribution in [3.8, 4) is 0 Å². The lowest BCUT2D eigenvalue weighted by molar-refractivity contribution is -0.202. The van der Waals surface area contributed by atoms with Gasteiger partial charge in [0.1, 0.15) is 0 Å². The van der Waals surface area contributed by atoms with E-state index in [0.717, 1.165) is 32.7 Å². The van der Waals surface area contributed by atoms with Crippen molar-refractivity contribution in [3.63, 3.8) is 0 Å². The summed E-state index contributed by atoms with van der Waals surface area (Å²) in [4.78, 5) is 2.25. The van der Waals surface area contributed by atoms with Crippen LogP contribution in [0.1, 0.15) is 12.0 Å². The summed E-state index contributed by atoms with van der Waals surface area (Å²) in [6.07, 6.45) is 0.809. The molecule has 1 aliphatic heterocycles. The maximum Gasteiger partial charge on any atom is 0.180 e. The first kappa shape index (κ1) is 14.5. The van der Waals surface area contributed by atoms with Gasteiger partial charge >= 0.3 is 0 Å². The van der Waals surface area contributed by atoms with E-state index in [0.29, 0.717) is 13.2 Å². The van der Waals surface area contributed by atoms with Crippen molar-refractivity contribution in [3.05, 3.63) is 35.9 Å². The minimum absolute atomic E-state index is 0.173. The molecule has 0 radical (unpaired) electrons. The van der Waals surface area contributed by atoms with E-state index >= 15 is 0 Å². The van der Waals surface area contributed by atoms with Crippen molar-refractivity contribution in [1.82, 2.24) is 4.90 Å². The van der Waals surface area contributed by atoms with Crippen LogP contribution < -0.4 is 0 Å². The van der Waals surface area contributed by atoms with Crippen LogP contribution in [0, 0.1) is 0 Å². The van der Waals surface area contributed by atoms with Gasteiger partial charge in [-0.3, -0.25) is 4.90 Å². The van der Waals surface area contributed by atoms with Crippen molar-refractivity contribution < 1.29 is 14.2 Å². The first-order valence-corrected chi connectivity index (χ1v) is 6.88. The van der Waals surface area contributed by atoms with Gasteiger partial charge in [-0.15, -0.1) is 0 Å². The topological polar surface area (TPSA) is 30.9 Å². The summed E-state index contributed by atoms with van der Waals surface area (Å²) in [6, 6.07) is 10.5. The zero-order valence-electron chi connectivity index (χ0n) is 11.6. The molecule has 1 aromatic rings. The quantitative estimate of drug-likeness (QED) is 0.705. The summed E-state index contributed by atoms with van der Waals surface area (Å²) in [5.74, 6) is 0. The van der Waals surface area contributed by atoms with Gasteiger partial charge in [-0.05, 0) is 19.0 Å². The maximum atomic E-state index is 5.59. The molecule has 1 fully saturated rings. The molecule has 1 aliphatic rings. The van der Waals surface area contributed by atoms with E-state index < -0.39 is 0 Å². The first-order chi connectivity index (χ1) is 9.34. The maximum absolute atomic E-state index is 5.59. The van der Waals surface area contributed by atoms with Crippen LogP contribution in [-0.2, 0) is 20.8 Å². The number of rotatable bonds is 7. The Morgan fingerprint density at radius 3 is 2.68 bits per heavy atom. The van der Waals surface area contributed by atoms with E-state index in [2.05, 4.69) is 36.2 Å². The third kappa shape index (κ3) is 5.70. The number of benzene rings is 1. The molecule has 1 heterocycles. The van der Waals surface area contributed by atoms with Crippen LogP contribution in [0.4, 0.5) is 0 Å². The second-order valence-corrected chi connectivity index (χ2v) is 4.82. The van der Waals surface area contributed by atoms with E-state index in [-0.39, 0.29) is 6.29 Å². The summed E-state index contributed by atoms with van der Waals surface area (Å²) >= 11 is 0. The Morgan fingerprint density at radius 1 is 1.21 bits per heavy atom. The Bertz CT molecular complexity index is 339. The number of hydrogen-bond acceptors (Lipinski definition) is 4.